The largest absolute Gasteiger partial charge is 0.410 e. The molecule has 0 saturated carbocycles. The van der Waals surface area contributed by atoms with Crippen LogP contribution in [0.3, 0.4) is 0 Å². The van der Waals surface area contributed by atoms with Gasteiger partial charge in [-0.15, -0.1) is 0 Å². The first-order chi connectivity index (χ1) is 9.86. The molecule has 7 nitrogen and oxygen atoms in total. The molecule has 0 unspecified atom stereocenters. The molecule has 2 N–H and O–H groups in total. The van der Waals surface area contributed by atoms with Crippen LogP contribution in [0.1, 0.15) is 29.8 Å². The SMILES string of the molecule is CC(=O)Nc1ccc(C)c2c1C(=O)C(=NO)CN2C(C)=O. The summed E-state index contributed by atoms with van der Waals surface area (Å²) in [5, 5.41) is 14.5. The fourth-order valence-corrected chi connectivity index (χ4v) is 2.36. The van der Waals surface area contributed by atoms with Crippen LogP contribution >= 0.6 is 0 Å². The third-order valence-electron chi connectivity index (χ3n) is 3.26. The van der Waals surface area contributed by atoms with E-state index in [1.165, 1.54) is 18.7 Å². The number of amides is 2. The molecule has 21 heavy (non-hydrogen) atoms. The Labute approximate surface area is 121 Å². The Balaban J connectivity index is 2.74. The lowest BCUT2D eigenvalue weighted by Crippen LogP contribution is -2.43. The van der Waals surface area contributed by atoms with Gasteiger partial charge in [0.05, 0.1) is 23.5 Å². The number of nitrogens with zero attached hydrogens (tertiary/aromatic N) is 2. The highest BCUT2D eigenvalue weighted by Crippen LogP contribution is 2.35. The Hall–Kier alpha value is -2.70. The molecule has 1 aliphatic rings. The molecular weight excluding hydrogens is 274 g/mol. The molecule has 0 saturated heterocycles. The van der Waals surface area contributed by atoms with Gasteiger partial charge in [-0.2, -0.15) is 0 Å². The van der Waals surface area contributed by atoms with E-state index in [-0.39, 0.29) is 29.6 Å². The molecule has 1 aromatic carbocycles. The molecule has 0 aliphatic carbocycles. The Kier molecular flexibility index (Phi) is 3.75. The monoisotopic (exact) mass is 289 g/mol. The van der Waals surface area contributed by atoms with E-state index in [0.717, 1.165) is 5.56 Å². The zero-order valence-electron chi connectivity index (χ0n) is 11.9. The van der Waals surface area contributed by atoms with Crippen LogP contribution in [0.2, 0.25) is 0 Å². The second-order valence-electron chi connectivity index (χ2n) is 4.82. The number of nitrogens with one attached hydrogen (secondary N) is 1. The molecule has 1 aromatic rings. The second kappa shape index (κ2) is 5.35. The number of rotatable bonds is 1. The molecular formula is C14H15N3O4. The lowest BCUT2D eigenvalue weighted by atomic mass is 9.93. The van der Waals surface area contributed by atoms with Crippen LogP contribution in [0.5, 0.6) is 0 Å². The summed E-state index contributed by atoms with van der Waals surface area (Å²) in [5.41, 5.74) is 1.47. The number of fused-ring (bicyclic) bond motifs is 1. The van der Waals surface area contributed by atoms with Crippen molar-refractivity contribution in [2.75, 3.05) is 16.8 Å². The number of ketones is 1. The van der Waals surface area contributed by atoms with Crippen LogP contribution in [-0.4, -0.2) is 35.1 Å². The van der Waals surface area contributed by atoms with Gasteiger partial charge in [0, 0.05) is 13.8 Å². The maximum Gasteiger partial charge on any atom is 0.224 e. The number of oxime groups is 1. The standard InChI is InChI=1S/C14H15N3O4/c1-7-4-5-10(15-8(2)18)12-13(7)17(9(3)19)6-11(16-21)14(12)20/h4-5,21H,6H2,1-3H3,(H,15,18). The van der Waals surface area contributed by atoms with Crippen molar-refractivity contribution in [3.05, 3.63) is 23.3 Å². The predicted octanol–water partition coefficient (Wildman–Crippen LogP) is 1.33. The minimum atomic E-state index is -0.502. The van der Waals surface area contributed by atoms with Crippen LogP contribution in [-0.2, 0) is 9.59 Å². The second-order valence-corrected chi connectivity index (χ2v) is 4.82. The molecule has 2 amide bonds. The third-order valence-corrected chi connectivity index (χ3v) is 3.26. The average Bonchev–Trinajstić information content (AvgIpc) is 2.41. The summed E-state index contributed by atoms with van der Waals surface area (Å²) in [6.07, 6.45) is 0. The Bertz CT molecular complexity index is 679. The normalized spacial score (nSPS) is 15.9. The summed E-state index contributed by atoms with van der Waals surface area (Å²) in [4.78, 5) is 36.8. The summed E-state index contributed by atoms with van der Waals surface area (Å²) in [5.74, 6) is -1.12. The number of aryl methyl sites for hydroxylation is 1. The van der Waals surface area contributed by atoms with Gasteiger partial charge in [0.25, 0.3) is 0 Å². The van der Waals surface area contributed by atoms with Gasteiger partial charge in [-0.3, -0.25) is 14.4 Å². The highest BCUT2D eigenvalue weighted by atomic mass is 16.4. The van der Waals surface area contributed by atoms with Gasteiger partial charge in [0.15, 0.2) is 0 Å². The first-order valence-corrected chi connectivity index (χ1v) is 6.31. The zero-order chi connectivity index (χ0) is 15.7. The predicted molar refractivity (Wildman–Crippen MR) is 77.1 cm³/mol. The van der Waals surface area contributed by atoms with Gasteiger partial charge in [0.2, 0.25) is 17.6 Å². The summed E-state index contributed by atoms with van der Waals surface area (Å²) in [7, 11) is 0. The number of Topliss-reactive ketones (excluding diaryl/α,β-unsaturated/α-hetero) is 1. The van der Waals surface area contributed by atoms with Crippen molar-refractivity contribution in [2.45, 2.75) is 20.8 Å². The molecule has 2 rings (SSSR count). The van der Waals surface area contributed by atoms with Crippen LogP contribution in [0.4, 0.5) is 11.4 Å². The number of hydrogen-bond acceptors (Lipinski definition) is 5. The van der Waals surface area contributed by atoms with E-state index in [2.05, 4.69) is 10.5 Å². The fourth-order valence-electron chi connectivity index (χ4n) is 2.36. The van der Waals surface area contributed by atoms with Gasteiger partial charge in [-0.25, -0.2) is 0 Å². The molecule has 1 aliphatic heterocycles. The van der Waals surface area contributed by atoms with Crippen molar-refractivity contribution in [2.24, 2.45) is 5.16 Å². The third kappa shape index (κ3) is 2.49. The van der Waals surface area contributed by atoms with E-state index in [9.17, 15) is 14.4 Å². The Morgan fingerprint density at radius 1 is 1.33 bits per heavy atom. The van der Waals surface area contributed by atoms with Gasteiger partial charge in [-0.1, -0.05) is 11.2 Å². The van der Waals surface area contributed by atoms with E-state index < -0.39 is 5.78 Å². The van der Waals surface area contributed by atoms with Crippen LogP contribution in [0.25, 0.3) is 0 Å². The number of carbonyl (C=O) groups is 3. The van der Waals surface area contributed by atoms with Crippen LogP contribution in [0, 0.1) is 6.92 Å². The van der Waals surface area contributed by atoms with Crippen LogP contribution < -0.4 is 10.2 Å². The van der Waals surface area contributed by atoms with E-state index >= 15 is 0 Å². The van der Waals surface area contributed by atoms with Gasteiger partial charge < -0.3 is 15.4 Å². The molecule has 0 radical (unpaired) electrons. The summed E-state index contributed by atoms with van der Waals surface area (Å²) in [6, 6.07) is 3.31. The molecule has 0 spiro atoms. The summed E-state index contributed by atoms with van der Waals surface area (Å²) in [6.45, 7) is 4.35. The molecule has 0 aromatic heterocycles. The number of anilines is 2. The first kappa shape index (κ1) is 14.7. The smallest absolute Gasteiger partial charge is 0.224 e. The molecule has 0 bridgehead atoms. The highest BCUT2D eigenvalue weighted by Gasteiger charge is 2.34. The topological polar surface area (TPSA) is 99.1 Å². The average molecular weight is 289 g/mol. The maximum atomic E-state index is 12.4. The number of hydrogen-bond donors (Lipinski definition) is 2. The molecule has 0 atom stereocenters. The van der Waals surface area contributed by atoms with Crippen LogP contribution in [0.15, 0.2) is 17.3 Å². The Morgan fingerprint density at radius 3 is 2.52 bits per heavy atom. The van der Waals surface area contributed by atoms with Gasteiger partial charge in [0.1, 0.15) is 5.71 Å². The maximum absolute atomic E-state index is 12.4. The number of carbonyl (C=O) groups excluding carboxylic acids is 3. The lowest BCUT2D eigenvalue weighted by molar-refractivity contribution is -0.116. The quantitative estimate of drug-likeness (QED) is 0.602. The summed E-state index contributed by atoms with van der Waals surface area (Å²) < 4.78 is 0. The van der Waals surface area contributed by atoms with E-state index in [4.69, 9.17) is 5.21 Å². The zero-order valence-corrected chi connectivity index (χ0v) is 11.9. The van der Waals surface area contributed by atoms with Crippen molar-refractivity contribution < 1.29 is 19.6 Å². The number of benzene rings is 1. The van der Waals surface area contributed by atoms with E-state index in [0.29, 0.717) is 11.4 Å². The fraction of sp³-hybridized carbons (Fsp3) is 0.286. The van der Waals surface area contributed by atoms with E-state index in [1.807, 2.05) is 0 Å². The van der Waals surface area contributed by atoms with Crippen molar-refractivity contribution in [1.82, 2.24) is 0 Å². The molecule has 7 heteroatoms. The lowest BCUT2D eigenvalue weighted by Gasteiger charge is -2.31. The highest BCUT2D eigenvalue weighted by molar-refractivity contribution is 6.51. The van der Waals surface area contributed by atoms with Crippen molar-refractivity contribution in [3.63, 3.8) is 0 Å². The minimum absolute atomic E-state index is 0.0952. The molecule has 1 heterocycles. The Morgan fingerprint density at radius 2 is 2.00 bits per heavy atom. The van der Waals surface area contributed by atoms with Gasteiger partial charge in [-0.05, 0) is 18.6 Å². The minimum Gasteiger partial charge on any atom is -0.410 e. The van der Waals surface area contributed by atoms with Crippen molar-refractivity contribution in [1.29, 1.82) is 0 Å². The molecule has 110 valence electrons. The van der Waals surface area contributed by atoms with Crippen molar-refractivity contribution in [3.8, 4) is 0 Å². The first-order valence-electron chi connectivity index (χ1n) is 6.31. The van der Waals surface area contributed by atoms with Gasteiger partial charge >= 0.3 is 0 Å². The van der Waals surface area contributed by atoms with Crippen molar-refractivity contribution >= 4 is 34.7 Å². The molecule has 0 fully saturated rings. The summed E-state index contributed by atoms with van der Waals surface area (Å²) >= 11 is 0. The van der Waals surface area contributed by atoms with E-state index in [1.54, 1.807) is 19.1 Å².